The number of allylic oxidation sites excluding steroid dienone is 7. The lowest BCUT2D eigenvalue weighted by molar-refractivity contribution is -0.379. The van der Waals surface area contributed by atoms with Crippen molar-refractivity contribution in [3.63, 3.8) is 0 Å². The molecule has 12 N–H and O–H groups in total. The fourth-order valence-electron chi connectivity index (χ4n) is 11.5. The number of unbranched alkanes of at least 4 members (excludes halogenated alkanes) is 30. The van der Waals surface area contributed by atoms with Crippen LogP contribution in [0.4, 0.5) is 0 Å². The minimum atomic E-state index is -1.98. The van der Waals surface area contributed by atoms with Gasteiger partial charge in [0.05, 0.1) is 38.6 Å². The SMILES string of the molecule is CCCCCCC/C=C\C/C=C\C/C=C\CCCCCCCCCCC(=O)NC(COC1OC(CO)C(OC2OC(CO)C(OC3OC(CO)C(O)C(O)C3O)C(O)C2O)C(O)C1O)C(O)/C=C/CCCCCCCCCCCCCCCCCCC. The van der Waals surface area contributed by atoms with Gasteiger partial charge in [0.2, 0.25) is 5.91 Å². The normalized spacial score (nSPS) is 28.9. The van der Waals surface area contributed by atoms with Crippen LogP contribution in [0.5, 0.6) is 0 Å². The summed E-state index contributed by atoms with van der Waals surface area (Å²) in [6, 6.07) is -0.979. The van der Waals surface area contributed by atoms with E-state index in [4.69, 9.17) is 28.4 Å². The molecule has 1 amide bonds. The fraction of sp³-hybridized carbons (Fsp3) is 0.868. The van der Waals surface area contributed by atoms with E-state index in [0.29, 0.717) is 6.42 Å². The summed E-state index contributed by atoms with van der Waals surface area (Å²) in [6.45, 7) is 1.73. The zero-order chi connectivity index (χ0) is 63.3. The molecule has 3 fully saturated rings. The Balaban J connectivity index is 1.46. The highest BCUT2D eigenvalue weighted by Gasteiger charge is 2.53. The van der Waals surface area contributed by atoms with Crippen LogP contribution in [-0.2, 0) is 33.2 Å². The molecule has 0 radical (unpaired) electrons. The Morgan fingerprint density at radius 2 is 0.759 bits per heavy atom. The second-order valence-corrected chi connectivity index (χ2v) is 24.6. The smallest absolute Gasteiger partial charge is 0.220 e. The Morgan fingerprint density at radius 3 is 1.18 bits per heavy atom. The molecule has 19 heteroatoms. The number of ether oxygens (including phenoxy) is 6. The van der Waals surface area contributed by atoms with Gasteiger partial charge < -0.3 is 89.9 Å². The van der Waals surface area contributed by atoms with Crippen LogP contribution in [0.1, 0.15) is 245 Å². The molecule has 0 aromatic rings. The van der Waals surface area contributed by atoms with Crippen LogP contribution in [0.2, 0.25) is 0 Å². The van der Waals surface area contributed by atoms with E-state index in [9.17, 15) is 61.0 Å². The molecular formula is C68H123NO18. The van der Waals surface area contributed by atoms with Crippen molar-refractivity contribution in [1.82, 2.24) is 5.32 Å². The first kappa shape index (κ1) is 79.0. The van der Waals surface area contributed by atoms with E-state index in [1.54, 1.807) is 6.08 Å². The van der Waals surface area contributed by atoms with Gasteiger partial charge in [0.15, 0.2) is 18.9 Å². The van der Waals surface area contributed by atoms with Crippen molar-refractivity contribution < 1.29 is 89.4 Å². The van der Waals surface area contributed by atoms with Gasteiger partial charge in [-0.2, -0.15) is 0 Å². The van der Waals surface area contributed by atoms with Crippen molar-refractivity contribution in [2.45, 2.75) is 349 Å². The molecule has 19 nitrogen and oxygen atoms in total. The molecule has 87 heavy (non-hydrogen) atoms. The average Bonchev–Trinajstić information content (AvgIpc) is 2.58. The van der Waals surface area contributed by atoms with Gasteiger partial charge in [-0.15, -0.1) is 0 Å². The van der Waals surface area contributed by atoms with E-state index < -0.39 is 124 Å². The molecule has 17 atom stereocenters. The van der Waals surface area contributed by atoms with Crippen LogP contribution in [0.3, 0.4) is 0 Å². The Hall–Kier alpha value is -2.25. The minimum absolute atomic E-state index is 0.234. The van der Waals surface area contributed by atoms with E-state index in [0.717, 1.165) is 70.6 Å². The zero-order valence-electron chi connectivity index (χ0n) is 53.5. The second kappa shape index (κ2) is 50.3. The number of hydrogen-bond acceptors (Lipinski definition) is 18. The summed E-state index contributed by atoms with van der Waals surface area (Å²) in [7, 11) is 0. The van der Waals surface area contributed by atoms with Crippen molar-refractivity contribution in [2.75, 3.05) is 26.4 Å². The van der Waals surface area contributed by atoms with Crippen LogP contribution >= 0.6 is 0 Å². The molecule has 3 aliphatic rings. The van der Waals surface area contributed by atoms with Crippen molar-refractivity contribution >= 4 is 5.91 Å². The summed E-state index contributed by atoms with van der Waals surface area (Å²) in [5.74, 6) is -0.282. The van der Waals surface area contributed by atoms with Crippen molar-refractivity contribution in [3.8, 4) is 0 Å². The summed E-state index contributed by atoms with van der Waals surface area (Å²) in [4.78, 5) is 13.4. The molecular weight excluding hydrogens is 1120 g/mol. The standard InChI is InChI=1S/C68H123NO18/c1-3-5-7-9-11-13-15-17-19-21-23-24-25-26-28-30-32-34-36-38-40-42-44-46-56(74)69-51(52(73)45-43-41-39-37-35-33-31-29-27-22-20-18-16-14-12-10-8-6-4-2)50-82-66-62(80)59(77)64(54(48-71)84-66)87-68-63(81)60(78)65(55(49-72)85-68)86-67-61(79)58(76)57(75)53(47-70)83-67/h15,17,21,23,25-26,43,45,51-55,57-68,70-73,75-81H,3-14,16,18-20,22,24,27-42,44,46-50H2,1-2H3,(H,69,74)/b17-15-,23-21-,26-25-,45-43+. The van der Waals surface area contributed by atoms with Gasteiger partial charge in [-0.25, -0.2) is 0 Å². The molecule has 3 saturated heterocycles. The van der Waals surface area contributed by atoms with Crippen LogP contribution in [0.25, 0.3) is 0 Å². The Bertz CT molecular complexity index is 1770. The molecule has 0 aromatic carbocycles. The van der Waals surface area contributed by atoms with E-state index in [1.807, 2.05) is 6.08 Å². The van der Waals surface area contributed by atoms with Gasteiger partial charge in [-0.05, 0) is 57.8 Å². The quantitative estimate of drug-likeness (QED) is 0.0200. The van der Waals surface area contributed by atoms with Crippen LogP contribution in [0, 0.1) is 0 Å². The highest BCUT2D eigenvalue weighted by molar-refractivity contribution is 5.76. The molecule has 508 valence electrons. The number of amides is 1. The maximum atomic E-state index is 13.4. The van der Waals surface area contributed by atoms with Gasteiger partial charge in [0.25, 0.3) is 0 Å². The van der Waals surface area contributed by atoms with E-state index in [2.05, 4.69) is 55.6 Å². The largest absolute Gasteiger partial charge is 0.394 e. The number of rotatable bonds is 52. The lowest BCUT2D eigenvalue weighted by Crippen LogP contribution is -2.66. The van der Waals surface area contributed by atoms with Gasteiger partial charge in [0, 0.05) is 6.42 Å². The number of hydrogen-bond donors (Lipinski definition) is 12. The van der Waals surface area contributed by atoms with Crippen molar-refractivity contribution in [1.29, 1.82) is 0 Å². The van der Waals surface area contributed by atoms with Gasteiger partial charge >= 0.3 is 0 Å². The Labute approximate surface area is 523 Å². The molecule has 3 heterocycles. The van der Waals surface area contributed by atoms with Crippen LogP contribution in [-0.4, -0.2) is 193 Å². The third kappa shape index (κ3) is 32.7. The van der Waals surface area contributed by atoms with Crippen LogP contribution < -0.4 is 5.32 Å². The zero-order valence-corrected chi connectivity index (χ0v) is 53.5. The summed E-state index contributed by atoms with van der Waals surface area (Å²) in [6.07, 6.45) is 32.2. The van der Waals surface area contributed by atoms with Gasteiger partial charge in [-0.3, -0.25) is 4.79 Å². The molecule has 0 spiro atoms. The maximum absolute atomic E-state index is 13.4. The van der Waals surface area contributed by atoms with Gasteiger partial charge in [0.1, 0.15) is 73.2 Å². The first-order chi connectivity index (χ1) is 42.3. The number of carbonyl (C=O) groups excluding carboxylic acids is 1. The molecule has 0 bridgehead atoms. The number of aliphatic hydroxyl groups is 11. The highest BCUT2D eigenvalue weighted by Crippen LogP contribution is 2.33. The van der Waals surface area contributed by atoms with E-state index in [-0.39, 0.29) is 18.9 Å². The number of carbonyl (C=O) groups is 1. The topological polar surface area (TPSA) is 307 Å². The Morgan fingerprint density at radius 1 is 0.414 bits per heavy atom. The van der Waals surface area contributed by atoms with E-state index >= 15 is 0 Å². The second-order valence-electron chi connectivity index (χ2n) is 24.6. The monoisotopic (exact) mass is 1240 g/mol. The predicted octanol–water partition coefficient (Wildman–Crippen LogP) is 8.61. The molecule has 17 unspecified atom stereocenters. The third-order valence-electron chi connectivity index (χ3n) is 17.1. The van der Waals surface area contributed by atoms with Crippen molar-refractivity contribution in [3.05, 3.63) is 48.6 Å². The summed E-state index contributed by atoms with van der Waals surface area (Å²) >= 11 is 0. The lowest BCUT2D eigenvalue weighted by Gasteiger charge is -2.48. The fourth-order valence-corrected chi connectivity index (χ4v) is 11.5. The number of aliphatic hydroxyl groups excluding tert-OH is 11. The summed E-state index contributed by atoms with van der Waals surface area (Å²) in [5.41, 5.74) is 0. The molecule has 3 rings (SSSR count). The Kier molecular flexibility index (Phi) is 45.7. The predicted molar refractivity (Wildman–Crippen MR) is 337 cm³/mol. The summed E-state index contributed by atoms with van der Waals surface area (Å²) < 4.78 is 34.3. The van der Waals surface area contributed by atoms with Gasteiger partial charge in [-0.1, -0.05) is 229 Å². The average molecular weight is 1240 g/mol. The third-order valence-corrected chi connectivity index (χ3v) is 17.1. The maximum Gasteiger partial charge on any atom is 0.220 e. The molecule has 3 aliphatic heterocycles. The molecule has 0 aromatic heterocycles. The molecule has 0 aliphatic carbocycles. The molecule has 0 saturated carbocycles. The minimum Gasteiger partial charge on any atom is -0.394 e. The van der Waals surface area contributed by atoms with Crippen LogP contribution in [0.15, 0.2) is 48.6 Å². The lowest BCUT2D eigenvalue weighted by atomic mass is 9.96. The first-order valence-electron chi connectivity index (χ1n) is 34.4. The number of nitrogens with one attached hydrogen (secondary N) is 1. The highest BCUT2D eigenvalue weighted by atomic mass is 16.8. The van der Waals surface area contributed by atoms with E-state index in [1.165, 1.54) is 148 Å². The summed E-state index contributed by atoms with van der Waals surface area (Å²) in [5, 5.41) is 120. The first-order valence-corrected chi connectivity index (χ1v) is 34.4. The van der Waals surface area contributed by atoms with Crippen molar-refractivity contribution in [2.24, 2.45) is 0 Å².